The summed E-state index contributed by atoms with van der Waals surface area (Å²) in [6.45, 7) is 3.69. The molecule has 162 valence electrons. The van der Waals surface area contributed by atoms with Gasteiger partial charge in [-0.3, -0.25) is 14.5 Å². The van der Waals surface area contributed by atoms with Crippen molar-refractivity contribution in [3.63, 3.8) is 0 Å². The van der Waals surface area contributed by atoms with Crippen molar-refractivity contribution in [2.24, 2.45) is 0 Å². The summed E-state index contributed by atoms with van der Waals surface area (Å²) in [4.78, 5) is 38.7. The van der Waals surface area contributed by atoms with Crippen LogP contribution in [0.15, 0.2) is 36.4 Å². The Balaban J connectivity index is 1.44. The number of amides is 4. The van der Waals surface area contributed by atoms with Gasteiger partial charge < -0.3 is 20.1 Å². The Morgan fingerprint density at radius 1 is 1.16 bits per heavy atom. The number of carbonyl (C=O) groups is 3. The van der Waals surface area contributed by atoms with Crippen molar-refractivity contribution < 1.29 is 28.2 Å². The molecule has 4 amide bonds. The highest BCUT2D eigenvalue weighted by molar-refractivity contribution is 6.09. The Bertz CT molecular complexity index is 1070. The zero-order chi connectivity index (χ0) is 22.2. The van der Waals surface area contributed by atoms with Crippen molar-refractivity contribution in [3.8, 4) is 11.5 Å². The number of hydrogen-bond acceptors (Lipinski definition) is 5. The van der Waals surface area contributed by atoms with Gasteiger partial charge in [0.05, 0.1) is 0 Å². The van der Waals surface area contributed by atoms with E-state index in [2.05, 4.69) is 10.6 Å². The first-order valence-electron chi connectivity index (χ1n) is 9.84. The maximum atomic E-state index is 13.7. The number of hydrogen-bond donors (Lipinski definition) is 2. The number of aryl methyl sites for hydroxylation is 1. The minimum absolute atomic E-state index is 0.0825. The molecule has 2 aliphatic rings. The molecule has 2 aromatic carbocycles. The van der Waals surface area contributed by atoms with Gasteiger partial charge in [0.2, 0.25) is 5.91 Å². The lowest BCUT2D eigenvalue weighted by Crippen LogP contribution is -2.43. The molecule has 4 rings (SSSR count). The molecular formula is C22H22FN3O5. The smallest absolute Gasteiger partial charge is 0.325 e. The van der Waals surface area contributed by atoms with Crippen molar-refractivity contribution >= 4 is 17.8 Å². The highest BCUT2D eigenvalue weighted by atomic mass is 19.1. The number of nitrogens with one attached hydrogen (secondary N) is 2. The van der Waals surface area contributed by atoms with Crippen molar-refractivity contribution in [2.75, 3.05) is 19.8 Å². The van der Waals surface area contributed by atoms with Crippen LogP contribution in [0.25, 0.3) is 0 Å². The van der Waals surface area contributed by atoms with Crippen LogP contribution in [0.3, 0.4) is 0 Å². The van der Waals surface area contributed by atoms with Gasteiger partial charge in [-0.05, 0) is 48.7 Å². The standard InChI is InChI=1S/C22H22FN3O5/c1-13-3-4-14(9-16(13)23)11-24-19(27)12-26-20(28)22(2,25-21(26)29)15-5-6-17-18(10-15)31-8-7-30-17/h3-6,9-10H,7-8,11-12H2,1-2H3,(H,24,27)(H,25,29)/t22-/m0/s1. The number of ether oxygens (including phenoxy) is 2. The minimum Gasteiger partial charge on any atom is -0.486 e. The van der Waals surface area contributed by atoms with E-state index in [1.54, 1.807) is 44.2 Å². The molecule has 1 fully saturated rings. The van der Waals surface area contributed by atoms with E-state index < -0.39 is 29.9 Å². The van der Waals surface area contributed by atoms with Gasteiger partial charge in [0, 0.05) is 6.54 Å². The molecule has 0 bridgehead atoms. The van der Waals surface area contributed by atoms with E-state index in [4.69, 9.17) is 9.47 Å². The molecular weight excluding hydrogens is 405 g/mol. The second kappa shape index (κ2) is 7.90. The van der Waals surface area contributed by atoms with Gasteiger partial charge in [0.15, 0.2) is 11.5 Å². The number of fused-ring (bicyclic) bond motifs is 1. The van der Waals surface area contributed by atoms with E-state index in [0.717, 1.165) is 4.90 Å². The summed E-state index contributed by atoms with van der Waals surface area (Å²) in [7, 11) is 0. The quantitative estimate of drug-likeness (QED) is 0.712. The molecule has 2 N–H and O–H groups in total. The lowest BCUT2D eigenvalue weighted by atomic mass is 9.91. The zero-order valence-electron chi connectivity index (χ0n) is 17.2. The molecule has 9 heteroatoms. The van der Waals surface area contributed by atoms with Gasteiger partial charge >= 0.3 is 6.03 Å². The second-order valence-corrected chi connectivity index (χ2v) is 7.67. The van der Waals surface area contributed by atoms with E-state index in [-0.39, 0.29) is 12.4 Å². The maximum Gasteiger partial charge on any atom is 0.325 e. The summed E-state index contributed by atoms with van der Waals surface area (Å²) in [6, 6.07) is 9.01. The highest BCUT2D eigenvalue weighted by Crippen LogP contribution is 2.36. The Morgan fingerprint density at radius 3 is 2.65 bits per heavy atom. The third kappa shape index (κ3) is 3.90. The Kier molecular flexibility index (Phi) is 5.26. The molecule has 31 heavy (non-hydrogen) atoms. The molecule has 8 nitrogen and oxygen atoms in total. The van der Waals surface area contributed by atoms with Crippen LogP contribution in [-0.4, -0.2) is 42.5 Å². The molecule has 0 saturated carbocycles. The maximum absolute atomic E-state index is 13.7. The van der Waals surface area contributed by atoms with E-state index in [9.17, 15) is 18.8 Å². The van der Waals surface area contributed by atoms with Crippen LogP contribution in [0.1, 0.15) is 23.6 Å². The van der Waals surface area contributed by atoms with Crippen LogP contribution >= 0.6 is 0 Å². The number of halogens is 1. The van der Waals surface area contributed by atoms with Crippen molar-refractivity contribution in [1.82, 2.24) is 15.5 Å². The van der Waals surface area contributed by atoms with Crippen LogP contribution in [-0.2, 0) is 21.7 Å². The molecule has 0 unspecified atom stereocenters. The van der Waals surface area contributed by atoms with Gasteiger partial charge in [-0.2, -0.15) is 0 Å². The summed E-state index contributed by atoms with van der Waals surface area (Å²) in [5.41, 5.74) is 0.267. The summed E-state index contributed by atoms with van der Waals surface area (Å²) in [5.74, 6) is -0.384. The van der Waals surface area contributed by atoms with Gasteiger partial charge in [0.1, 0.15) is 31.1 Å². The van der Waals surface area contributed by atoms with E-state index in [1.807, 2.05) is 0 Å². The molecule has 2 aromatic rings. The lowest BCUT2D eigenvalue weighted by Gasteiger charge is -2.25. The monoisotopic (exact) mass is 427 g/mol. The summed E-state index contributed by atoms with van der Waals surface area (Å²) in [6.07, 6.45) is 0. The van der Waals surface area contributed by atoms with Crippen LogP contribution in [0, 0.1) is 12.7 Å². The number of nitrogens with zero attached hydrogens (tertiary/aromatic N) is 1. The van der Waals surface area contributed by atoms with E-state index in [1.165, 1.54) is 6.07 Å². The zero-order valence-corrected chi connectivity index (χ0v) is 17.2. The Labute approximate surface area is 178 Å². The van der Waals surface area contributed by atoms with Crippen LogP contribution in [0.4, 0.5) is 9.18 Å². The van der Waals surface area contributed by atoms with Crippen LogP contribution < -0.4 is 20.1 Å². The SMILES string of the molecule is Cc1ccc(CNC(=O)CN2C(=O)N[C@@](C)(c3ccc4c(c3)OCCO4)C2=O)cc1F. The van der Waals surface area contributed by atoms with Gasteiger partial charge in [-0.25, -0.2) is 9.18 Å². The third-order valence-corrected chi connectivity index (χ3v) is 5.42. The first-order valence-corrected chi connectivity index (χ1v) is 9.84. The fourth-order valence-electron chi connectivity index (χ4n) is 3.54. The molecule has 2 aliphatic heterocycles. The number of carbonyl (C=O) groups excluding carboxylic acids is 3. The molecule has 2 heterocycles. The Hall–Kier alpha value is -3.62. The summed E-state index contributed by atoms with van der Waals surface area (Å²) >= 11 is 0. The first kappa shape index (κ1) is 20.6. The predicted molar refractivity (Wildman–Crippen MR) is 108 cm³/mol. The second-order valence-electron chi connectivity index (χ2n) is 7.67. The van der Waals surface area contributed by atoms with E-state index in [0.29, 0.717) is 41.4 Å². The fraction of sp³-hybridized carbons (Fsp3) is 0.318. The summed E-state index contributed by atoms with van der Waals surface area (Å²) in [5, 5.41) is 5.26. The number of benzene rings is 2. The minimum atomic E-state index is -1.34. The van der Waals surface area contributed by atoms with Gasteiger partial charge in [-0.15, -0.1) is 0 Å². The first-order chi connectivity index (χ1) is 14.8. The largest absolute Gasteiger partial charge is 0.486 e. The molecule has 0 aliphatic carbocycles. The Morgan fingerprint density at radius 2 is 1.90 bits per heavy atom. The molecule has 0 spiro atoms. The topological polar surface area (TPSA) is 97.0 Å². The molecule has 0 aromatic heterocycles. The van der Waals surface area contributed by atoms with Crippen molar-refractivity contribution in [3.05, 3.63) is 58.9 Å². The van der Waals surface area contributed by atoms with Crippen molar-refractivity contribution in [1.29, 1.82) is 0 Å². The number of rotatable bonds is 5. The average Bonchev–Trinajstić information content (AvgIpc) is 2.98. The van der Waals surface area contributed by atoms with Crippen LogP contribution in [0.5, 0.6) is 11.5 Å². The molecule has 1 saturated heterocycles. The molecule has 1 atom stereocenters. The predicted octanol–water partition coefficient (Wildman–Crippen LogP) is 1.99. The number of imide groups is 1. The highest BCUT2D eigenvalue weighted by Gasteiger charge is 2.49. The number of urea groups is 1. The normalized spacial score (nSPS) is 19.9. The lowest BCUT2D eigenvalue weighted by molar-refractivity contribution is -0.134. The third-order valence-electron chi connectivity index (χ3n) is 5.42. The van der Waals surface area contributed by atoms with Crippen molar-refractivity contribution in [2.45, 2.75) is 25.9 Å². The van der Waals surface area contributed by atoms with Crippen LogP contribution in [0.2, 0.25) is 0 Å². The fourth-order valence-corrected chi connectivity index (χ4v) is 3.54. The van der Waals surface area contributed by atoms with Gasteiger partial charge in [0.25, 0.3) is 5.91 Å². The molecule has 0 radical (unpaired) electrons. The average molecular weight is 427 g/mol. The van der Waals surface area contributed by atoms with E-state index >= 15 is 0 Å². The summed E-state index contributed by atoms with van der Waals surface area (Å²) < 4.78 is 24.7. The van der Waals surface area contributed by atoms with Gasteiger partial charge in [-0.1, -0.05) is 18.2 Å².